The highest BCUT2D eigenvalue weighted by Crippen LogP contribution is 2.17. The molecule has 0 aromatic heterocycles. The number of anilines is 2. The van der Waals surface area contributed by atoms with E-state index in [9.17, 15) is 18.0 Å². The van der Waals surface area contributed by atoms with Crippen molar-refractivity contribution in [2.75, 3.05) is 10.6 Å². The predicted molar refractivity (Wildman–Crippen MR) is 124 cm³/mol. The molecule has 0 bridgehead atoms. The number of amides is 2. The van der Waals surface area contributed by atoms with Crippen LogP contribution in [0.15, 0.2) is 53.4 Å². The Morgan fingerprint density at radius 3 is 1.84 bits per heavy atom. The van der Waals surface area contributed by atoms with E-state index in [0.717, 1.165) is 12.8 Å². The molecule has 0 saturated carbocycles. The summed E-state index contributed by atoms with van der Waals surface area (Å²) in [4.78, 5) is 24.8. The molecule has 8 heteroatoms. The molecule has 2 aromatic carbocycles. The molecule has 7 nitrogen and oxygen atoms in total. The molecule has 0 spiro atoms. The van der Waals surface area contributed by atoms with Gasteiger partial charge in [0.25, 0.3) is 5.91 Å². The smallest absolute Gasteiger partial charge is 0.255 e. The Morgan fingerprint density at radius 1 is 0.806 bits per heavy atom. The first-order chi connectivity index (χ1) is 14.7. The number of carbonyl (C=O) groups is 2. The summed E-state index contributed by atoms with van der Waals surface area (Å²) in [6.45, 7) is 7.66. The average Bonchev–Trinajstić information content (AvgIpc) is 2.75. The molecule has 1 atom stereocenters. The van der Waals surface area contributed by atoms with Crippen LogP contribution in [0.2, 0.25) is 0 Å². The van der Waals surface area contributed by atoms with Crippen LogP contribution in [0.3, 0.4) is 0 Å². The Kier molecular flexibility index (Phi) is 8.76. The minimum atomic E-state index is -3.59. The highest BCUT2D eigenvalue weighted by Gasteiger charge is 2.17. The molecule has 0 aliphatic carbocycles. The van der Waals surface area contributed by atoms with Crippen molar-refractivity contribution in [3.05, 3.63) is 54.1 Å². The Labute approximate surface area is 184 Å². The standard InChI is InChI=1S/C23H31N3O4S/c1-5-16(4)26-31(29,30)21-14-12-20(13-15-21)25-23(28)18-8-10-19(11-9-18)24-22(27)17(6-2)7-3/h8-17,26H,5-7H2,1-4H3,(H,24,27)(H,25,28). The average molecular weight is 446 g/mol. The summed E-state index contributed by atoms with van der Waals surface area (Å²) in [5, 5.41) is 5.61. The second-order valence-electron chi connectivity index (χ2n) is 7.49. The normalized spacial score (nSPS) is 12.4. The summed E-state index contributed by atoms with van der Waals surface area (Å²) in [6.07, 6.45) is 2.24. The van der Waals surface area contributed by atoms with E-state index in [4.69, 9.17) is 0 Å². The lowest BCUT2D eigenvalue weighted by molar-refractivity contribution is -0.120. The first kappa shape index (κ1) is 24.6. The monoisotopic (exact) mass is 445 g/mol. The Balaban J connectivity index is 2.01. The van der Waals surface area contributed by atoms with Gasteiger partial charge in [0, 0.05) is 28.9 Å². The SMILES string of the molecule is CCC(C)NS(=O)(=O)c1ccc(NC(=O)c2ccc(NC(=O)C(CC)CC)cc2)cc1. The third-order valence-electron chi connectivity index (χ3n) is 5.16. The van der Waals surface area contributed by atoms with Gasteiger partial charge in [-0.2, -0.15) is 0 Å². The summed E-state index contributed by atoms with van der Waals surface area (Å²) >= 11 is 0. The lowest BCUT2D eigenvalue weighted by atomic mass is 10.0. The van der Waals surface area contributed by atoms with Crippen molar-refractivity contribution in [3.63, 3.8) is 0 Å². The molecule has 3 N–H and O–H groups in total. The molecular weight excluding hydrogens is 414 g/mol. The van der Waals surface area contributed by atoms with Crippen molar-refractivity contribution < 1.29 is 18.0 Å². The summed E-state index contributed by atoms with van der Waals surface area (Å²) in [5.41, 5.74) is 1.55. The van der Waals surface area contributed by atoms with Crippen molar-refractivity contribution in [2.45, 2.75) is 57.9 Å². The molecule has 0 fully saturated rings. The highest BCUT2D eigenvalue weighted by atomic mass is 32.2. The number of benzene rings is 2. The van der Waals surface area contributed by atoms with Crippen LogP contribution in [-0.2, 0) is 14.8 Å². The fourth-order valence-electron chi connectivity index (χ4n) is 2.95. The maximum Gasteiger partial charge on any atom is 0.255 e. The Morgan fingerprint density at radius 2 is 1.32 bits per heavy atom. The van der Waals surface area contributed by atoms with Gasteiger partial charge in [0.1, 0.15) is 0 Å². The first-order valence-electron chi connectivity index (χ1n) is 10.5. The molecule has 0 aliphatic rings. The van der Waals surface area contributed by atoms with Gasteiger partial charge in [-0.15, -0.1) is 0 Å². The van der Waals surface area contributed by atoms with Gasteiger partial charge >= 0.3 is 0 Å². The molecule has 1 unspecified atom stereocenters. The van der Waals surface area contributed by atoms with Crippen LogP contribution in [-0.4, -0.2) is 26.3 Å². The van der Waals surface area contributed by atoms with E-state index < -0.39 is 10.0 Å². The van der Waals surface area contributed by atoms with Crippen molar-refractivity contribution >= 4 is 33.2 Å². The van der Waals surface area contributed by atoms with Crippen LogP contribution >= 0.6 is 0 Å². The van der Waals surface area contributed by atoms with Crippen LogP contribution in [0, 0.1) is 5.92 Å². The van der Waals surface area contributed by atoms with Crippen LogP contribution < -0.4 is 15.4 Å². The number of hydrogen-bond acceptors (Lipinski definition) is 4. The van der Waals surface area contributed by atoms with E-state index in [1.165, 1.54) is 12.1 Å². The second kappa shape index (κ2) is 11.1. The van der Waals surface area contributed by atoms with E-state index in [1.54, 1.807) is 43.3 Å². The zero-order valence-corrected chi connectivity index (χ0v) is 19.3. The lowest BCUT2D eigenvalue weighted by Crippen LogP contribution is -2.31. The molecule has 0 saturated heterocycles. The van der Waals surface area contributed by atoms with Crippen LogP contribution in [0.25, 0.3) is 0 Å². The summed E-state index contributed by atoms with van der Waals surface area (Å²) < 4.78 is 27.2. The van der Waals surface area contributed by atoms with Crippen molar-refractivity contribution in [1.29, 1.82) is 0 Å². The second-order valence-corrected chi connectivity index (χ2v) is 9.20. The third kappa shape index (κ3) is 6.90. The number of nitrogens with one attached hydrogen (secondary N) is 3. The van der Waals surface area contributed by atoms with Gasteiger partial charge in [-0.3, -0.25) is 9.59 Å². The maximum atomic E-state index is 12.5. The lowest BCUT2D eigenvalue weighted by Gasteiger charge is -2.13. The van der Waals surface area contributed by atoms with Gasteiger partial charge < -0.3 is 10.6 Å². The van der Waals surface area contributed by atoms with Gasteiger partial charge in [-0.25, -0.2) is 13.1 Å². The minimum Gasteiger partial charge on any atom is -0.326 e. The molecule has 2 aromatic rings. The fraction of sp³-hybridized carbons (Fsp3) is 0.391. The van der Waals surface area contributed by atoms with Crippen molar-refractivity contribution in [1.82, 2.24) is 4.72 Å². The topological polar surface area (TPSA) is 104 Å². The summed E-state index contributed by atoms with van der Waals surface area (Å²) in [6, 6.07) is 12.5. The van der Waals surface area contributed by atoms with E-state index >= 15 is 0 Å². The van der Waals surface area contributed by atoms with Crippen LogP contribution in [0.1, 0.15) is 57.3 Å². The number of sulfonamides is 1. The number of rotatable bonds is 10. The first-order valence-corrected chi connectivity index (χ1v) is 12.0. The van der Waals surface area contributed by atoms with Gasteiger partial charge in [0.05, 0.1) is 4.90 Å². The van der Waals surface area contributed by atoms with E-state index in [1.807, 2.05) is 20.8 Å². The van der Waals surface area contributed by atoms with Crippen LogP contribution in [0.4, 0.5) is 11.4 Å². The minimum absolute atomic E-state index is 0.0277. The molecule has 168 valence electrons. The summed E-state index contributed by atoms with van der Waals surface area (Å²) in [5.74, 6) is -0.388. The zero-order chi connectivity index (χ0) is 23.0. The predicted octanol–water partition coefficient (Wildman–Crippen LogP) is 4.39. The molecule has 31 heavy (non-hydrogen) atoms. The molecule has 0 heterocycles. The molecule has 2 rings (SSSR count). The maximum absolute atomic E-state index is 12.5. The van der Waals surface area contributed by atoms with E-state index in [2.05, 4.69) is 15.4 Å². The Bertz CT molecular complexity index is 982. The van der Waals surface area contributed by atoms with Crippen molar-refractivity contribution in [3.8, 4) is 0 Å². The number of carbonyl (C=O) groups excluding carboxylic acids is 2. The number of hydrogen-bond donors (Lipinski definition) is 3. The summed E-state index contributed by atoms with van der Waals surface area (Å²) in [7, 11) is -3.59. The third-order valence-corrected chi connectivity index (χ3v) is 6.77. The van der Waals surface area contributed by atoms with Crippen LogP contribution in [0.5, 0.6) is 0 Å². The van der Waals surface area contributed by atoms with Gasteiger partial charge in [0.2, 0.25) is 15.9 Å². The van der Waals surface area contributed by atoms with Gasteiger partial charge in [-0.05, 0) is 74.7 Å². The molecule has 2 amide bonds. The van der Waals surface area contributed by atoms with Crippen molar-refractivity contribution in [2.24, 2.45) is 5.92 Å². The molecule has 0 aliphatic heterocycles. The fourth-order valence-corrected chi connectivity index (χ4v) is 4.27. The van der Waals surface area contributed by atoms with E-state index in [-0.39, 0.29) is 28.7 Å². The quantitative estimate of drug-likeness (QED) is 0.504. The van der Waals surface area contributed by atoms with Gasteiger partial charge in [0.15, 0.2) is 0 Å². The highest BCUT2D eigenvalue weighted by molar-refractivity contribution is 7.89. The van der Waals surface area contributed by atoms with E-state index in [0.29, 0.717) is 23.4 Å². The van der Waals surface area contributed by atoms with Gasteiger partial charge in [-0.1, -0.05) is 20.8 Å². The molecule has 0 radical (unpaired) electrons. The molecular formula is C23H31N3O4S. The largest absolute Gasteiger partial charge is 0.326 e. The zero-order valence-electron chi connectivity index (χ0n) is 18.4. The Hall–Kier alpha value is -2.71.